The minimum atomic E-state index is -0.110. The third-order valence-corrected chi connectivity index (χ3v) is 6.08. The maximum atomic E-state index is 12.3. The summed E-state index contributed by atoms with van der Waals surface area (Å²) >= 11 is 6.00. The molecular weight excluding hydrogens is 362 g/mol. The van der Waals surface area contributed by atoms with E-state index in [1.807, 2.05) is 43.3 Å². The van der Waals surface area contributed by atoms with Crippen molar-refractivity contribution < 1.29 is 14.3 Å². The van der Waals surface area contributed by atoms with Crippen molar-refractivity contribution in [1.29, 1.82) is 0 Å². The average Bonchev–Trinajstić information content (AvgIpc) is 2.60. The summed E-state index contributed by atoms with van der Waals surface area (Å²) in [6.45, 7) is 1.98. The maximum absolute atomic E-state index is 12.3. The van der Waals surface area contributed by atoms with Gasteiger partial charge in [-0.05, 0) is 67.5 Å². The van der Waals surface area contributed by atoms with Crippen molar-refractivity contribution in [3.8, 4) is 5.75 Å². The molecule has 3 aliphatic rings. The molecule has 0 atom stereocenters. The molecule has 5 heteroatoms. The van der Waals surface area contributed by atoms with Crippen LogP contribution in [0.2, 0.25) is 5.02 Å². The zero-order valence-electron chi connectivity index (χ0n) is 15.3. The number of hydrogen-bond donors (Lipinski definition) is 1. The van der Waals surface area contributed by atoms with Crippen LogP contribution in [0.4, 0.5) is 0 Å². The van der Waals surface area contributed by atoms with Crippen LogP contribution in [0.5, 0.6) is 5.75 Å². The fourth-order valence-electron chi connectivity index (χ4n) is 4.56. The highest BCUT2D eigenvalue weighted by atomic mass is 35.5. The van der Waals surface area contributed by atoms with Crippen LogP contribution in [0, 0.1) is 12.3 Å². The summed E-state index contributed by atoms with van der Waals surface area (Å²) in [5, 5.41) is 3.83. The van der Waals surface area contributed by atoms with E-state index in [4.69, 9.17) is 16.3 Å². The van der Waals surface area contributed by atoms with Crippen LogP contribution in [-0.2, 0) is 4.79 Å². The van der Waals surface area contributed by atoms with Crippen LogP contribution >= 0.6 is 11.6 Å². The molecule has 4 nitrogen and oxygen atoms in total. The molecule has 1 N–H and O–H groups in total. The molecule has 1 amide bonds. The summed E-state index contributed by atoms with van der Waals surface area (Å²) in [6.07, 6.45) is 3.15. The first-order valence-corrected chi connectivity index (χ1v) is 9.55. The van der Waals surface area contributed by atoms with Gasteiger partial charge in [0.1, 0.15) is 12.4 Å². The average molecular weight is 384 g/mol. The number of aryl methyl sites for hydroxylation is 1. The van der Waals surface area contributed by atoms with Crippen molar-refractivity contribution in [1.82, 2.24) is 5.32 Å². The van der Waals surface area contributed by atoms with Crippen LogP contribution < -0.4 is 10.1 Å². The van der Waals surface area contributed by atoms with Crippen molar-refractivity contribution in [3.05, 3.63) is 64.7 Å². The van der Waals surface area contributed by atoms with E-state index >= 15 is 0 Å². The van der Waals surface area contributed by atoms with Gasteiger partial charge < -0.3 is 10.1 Å². The molecule has 2 bridgehead atoms. The Bertz CT molecular complexity index is 874. The Balaban J connectivity index is 1.24. The van der Waals surface area contributed by atoms with Gasteiger partial charge in [0.25, 0.3) is 5.91 Å². The minimum absolute atomic E-state index is 0.0309. The Kier molecular flexibility index (Phi) is 4.47. The van der Waals surface area contributed by atoms with Crippen molar-refractivity contribution >= 4 is 23.3 Å². The van der Waals surface area contributed by atoms with Gasteiger partial charge in [-0.25, -0.2) is 0 Å². The lowest BCUT2D eigenvalue weighted by Gasteiger charge is -2.70. The van der Waals surface area contributed by atoms with E-state index < -0.39 is 0 Å². The predicted molar refractivity (Wildman–Crippen MR) is 104 cm³/mol. The molecular formula is C22H22ClNO3. The molecule has 0 unspecified atom stereocenters. The zero-order chi connectivity index (χ0) is 19.1. The first-order chi connectivity index (χ1) is 12.9. The lowest BCUT2D eigenvalue weighted by atomic mass is 9.38. The molecule has 0 aliphatic heterocycles. The summed E-state index contributed by atoms with van der Waals surface area (Å²) in [4.78, 5) is 24.6. The normalized spacial score (nSPS) is 25.1. The summed E-state index contributed by atoms with van der Waals surface area (Å²) < 4.78 is 5.60. The lowest BCUT2D eigenvalue weighted by molar-refractivity contribution is -0.162. The number of rotatable bonds is 7. The molecule has 0 radical (unpaired) electrons. The second-order valence-corrected chi connectivity index (χ2v) is 8.45. The third-order valence-electron chi connectivity index (χ3n) is 5.66. The second-order valence-electron chi connectivity index (χ2n) is 8.05. The van der Waals surface area contributed by atoms with Crippen LogP contribution in [0.1, 0.15) is 41.6 Å². The Hall–Kier alpha value is -2.33. The number of halogens is 1. The van der Waals surface area contributed by atoms with E-state index in [0.717, 1.165) is 24.8 Å². The highest BCUT2D eigenvalue weighted by molar-refractivity contribution is 6.31. The fraction of sp³-hybridized carbons (Fsp3) is 0.364. The molecule has 3 saturated carbocycles. The lowest BCUT2D eigenvalue weighted by Crippen LogP contribution is -2.75. The number of ketones is 1. The summed E-state index contributed by atoms with van der Waals surface area (Å²) in [6, 6.07) is 14.6. The summed E-state index contributed by atoms with van der Waals surface area (Å²) in [5.41, 5.74) is 1.55. The van der Waals surface area contributed by atoms with Crippen LogP contribution in [0.25, 0.3) is 0 Å². The molecule has 0 heterocycles. The first kappa shape index (κ1) is 18.1. The number of Topliss-reactive ketones (excluding diaryl/α,β-unsaturated/α-hetero) is 1. The molecule has 140 valence electrons. The minimum Gasteiger partial charge on any atom is -0.486 e. The standard InChI is InChI=1S/C22H22ClNO3/c1-15-9-18(7-8-19(15)23)27-11-17(25)10-21-12-22(13-21,14-21)24-20(26)16-5-3-2-4-6-16/h2-9H,10-14H2,1H3,(H,24,26). The molecule has 0 saturated heterocycles. The smallest absolute Gasteiger partial charge is 0.251 e. The molecule has 3 fully saturated rings. The summed E-state index contributed by atoms with van der Waals surface area (Å²) in [7, 11) is 0. The topological polar surface area (TPSA) is 55.4 Å². The van der Waals surface area contributed by atoms with E-state index in [-0.39, 0.29) is 29.3 Å². The van der Waals surface area contributed by atoms with Gasteiger partial charge in [0.15, 0.2) is 5.78 Å². The Morgan fingerprint density at radius 1 is 1.11 bits per heavy atom. The zero-order valence-corrected chi connectivity index (χ0v) is 16.0. The largest absolute Gasteiger partial charge is 0.486 e. The highest BCUT2D eigenvalue weighted by Crippen LogP contribution is 2.69. The van der Waals surface area contributed by atoms with Gasteiger partial charge in [-0.2, -0.15) is 0 Å². The molecule has 27 heavy (non-hydrogen) atoms. The number of hydrogen-bond acceptors (Lipinski definition) is 3. The quantitative estimate of drug-likeness (QED) is 0.773. The van der Waals surface area contributed by atoms with Gasteiger partial charge in [-0.15, -0.1) is 0 Å². The van der Waals surface area contributed by atoms with Crippen LogP contribution in [0.15, 0.2) is 48.5 Å². The van der Waals surface area contributed by atoms with Crippen LogP contribution in [-0.4, -0.2) is 23.8 Å². The van der Waals surface area contributed by atoms with E-state index in [9.17, 15) is 9.59 Å². The molecule has 2 aromatic carbocycles. The van der Waals surface area contributed by atoms with Crippen molar-refractivity contribution in [2.45, 2.75) is 38.1 Å². The van der Waals surface area contributed by atoms with Gasteiger partial charge in [0.05, 0.1) is 0 Å². The number of benzene rings is 2. The van der Waals surface area contributed by atoms with Crippen molar-refractivity contribution in [3.63, 3.8) is 0 Å². The second kappa shape index (κ2) is 6.68. The van der Waals surface area contributed by atoms with Gasteiger partial charge in [-0.1, -0.05) is 29.8 Å². The number of carbonyl (C=O) groups is 2. The number of amides is 1. The van der Waals surface area contributed by atoms with Crippen molar-refractivity contribution in [2.75, 3.05) is 6.61 Å². The third kappa shape index (κ3) is 3.59. The SMILES string of the molecule is Cc1cc(OCC(=O)CC23CC(NC(=O)c4ccccc4)(C2)C3)ccc1Cl. The molecule has 0 spiro atoms. The number of nitrogens with one attached hydrogen (secondary N) is 1. The predicted octanol–water partition coefficient (Wildman–Crippen LogP) is 4.34. The van der Waals surface area contributed by atoms with Crippen molar-refractivity contribution in [2.24, 2.45) is 5.41 Å². The van der Waals surface area contributed by atoms with Gasteiger partial charge in [0.2, 0.25) is 0 Å². The first-order valence-electron chi connectivity index (χ1n) is 9.17. The Morgan fingerprint density at radius 2 is 1.81 bits per heavy atom. The van der Waals surface area contributed by atoms with Gasteiger partial charge >= 0.3 is 0 Å². The molecule has 3 aliphatic carbocycles. The molecule has 2 aromatic rings. The van der Waals surface area contributed by atoms with E-state index in [0.29, 0.717) is 22.8 Å². The van der Waals surface area contributed by atoms with Crippen LogP contribution in [0.3, 0.4) is 0 Å². The monoisotopic (exact) mass is 383 g/mol. The van der Waals surface area contributed by atoms with E-state index in [1.165, 1.54) is 0 Å². The van der Waals surface area contributed by atoms with E-state index in [2.05, 4.69) is 5.32 Å². The Morgan fingerprint density at radius 3 is 2.48 bits per heavy atom. The maximum Gasteiger partial charge on any atom is 0.251 e. The summed E-state index contributed by atoms with van der Waals surface area (Å²) in [5.74, 6) is 0.733. The molecule has 5 rings (SSSR count). The number of ether oxygens (including phenoxy) is 1. The van der Waals surface area contributed by atoms with Gasteiger partial charge in [-0.3, -0.25) is 9.59 Å². The van der Waals surface area contributed by atoms with Gasteiger partial charge in [0, 0.05) is 22.5 Å². The fourth-order valence-corrected chi connectivity index (χ4v) is 4.68. The highest BCUT2D eigenvalue weighted by Gasteiger charge is 2.68. The number of carbonyl (C=O) groups excluding carboxylic acids is 2. The molecule has 0 aromatic heterocycles. The van der Waals surface area contributed by atoms with E-state index in [1.54, 1.807) is 12.1 Å². The Labute approximate surface area is 163 Å².